The number of methoxy groups -OCH3 is 1. The van der Waals surface area contributed by atoms with E-state index in [0.29, 0.717) is 25.0 Å². The lowest BCUT2D eigenvalue weighted by molar-refractivity contribution is -0.131. The number of carbonyl (C=O) groups is 1. The fourth-order valence-electron chi connectivity index (χ4n) is 7.38. The minimum atomic E-state index is -0.872. The number of benzene rings is 2. The second-order valence-corrected chi connectivity index (χ2v) is 12.7. The number of nitrogens with zero attached hydrogens (tertiary/aromatic N) is 2. The van der Waals surface area contributed by atoms with Gasteiger partial charge in [-0.2, -0.15) is 0 Å². The van der Waals surface area contributed by atoms with Crippen molar-refractivity contribution in [2.75, 3.05) is 45.3 Å². The summed E-state index contributed by atoms with van der Waals surface area (Å²) >= 11 is 6.42. The van der Waals surface area contributed by atoms with Crippen molar-refractivity contribution in [3.8, 4) is 5.75 Å². The quantitative estimate of drug-likeness (QED) is 0.451. The van der Waals surface area contributed by atoms with Gasteiger partial charge in [0.25, 0.3) is 0 Å². The summed E-state index contributed by atoms with van der Waals surface area (Å²) in [5, 5.41) is 11.9. The summed E-state index contributed by atoms with van der Waals surface area (Å²) in [6, 6.07) is 12.3. The number of halogens is 1. The number of ether oxygens (including phenoxy) is 2. The lowest BCUT2D eigenvalue weighted by atomic mass is 9.68. The number of anilines is 1. The largest absolute Gasteiger partial charge is 0.490 e. The van der Waals surface area contributed by atoms with E-state index in [1.165, 1.54) is 17.5 Å². The fraction of sp³-hybridized carbons (Fsp3) is 0.545. The average Bonchev–Trinajstić information content (AvgIpc) is 3.08. The van der Waals surface area contributed by atoms with Crippen molar-refractivity contribution in [2.45, 2.75) is 62.6 Å². The summed E-state index contributed by atoms with van der Waals surface area (Å²) in [5.41, 5.74) is 4.31. The molecule has 0 saturated heterocycles. The molecule has 1 N–H and O–H groups in total. The Morgan fingerprint density at radius 3 is 2.83 bits per heavy atom. The van der Waals surface area contributed by atoms with Gasteiger partial charge in [-0.05, 0) is 91.3 Å². The molecule has 1 spiro atoms. The molecule has 2 aliphatic heterocycles. The smallest absolute Gasteiger partial charge is 0.225 e. The maximum absolute atomic E-state index is 12.9. The number of fused-ring (bicyclic) bond motifs is 4. The predicted molar refractivity (Wildman–Crippen MR) is 158 cm³/mol. The number of aliphatic hydroxyl groups is 1. The van der Waals surface area contributed by atoms with E-state index in [-0.39, 0.29) is 23.8 Å². The van der Waals surface area contributed by atoms with Crippen molar-refractivity contribution in [3.63, 3.8) is 0 Å². The first-order valence-corrected chi connectivity index (χ1v) is 15.1. The van der Waals surface area contributed by atoms with Crippen LogP contribution in [-0.2, 0) is 21.4 Å². The van der Waals surface area contributed by atoms with E-state index in [1.54, 1.807) is 11.9 Å². The zero-order valence-electron chi connectivity index (χ0n) is 23.7. The van der Waals surface area contributed by atoms with Gasteiger partial charge < -0.3 is 24.4 Å². The van der Waals surface area contributed by atoms with E-state index < -0.39 is 6.10 Å². The second kappa shape index (κ2) is 11.4. The summed E-state index contributed by atoms with van der Waals surface area (Å²) in [4.78, 5) is 17.1. The lowest BCUT2D eigenvalue weighted by Crippen LogP contribution is -2.49. The topological polar surface area (TPSA) is 62.2 Å². The molecule has 6 rings (SSSR count). The standard InChI is InChI=1S/C33H41ClN2O4/c1-35-15-4-3-7-30(39-2)26-11-8-24(26)19-36-20-33(14-5-6-22-16-25(34)10-12-27(22)33)21-40-31-13-9-23(17-28(31)36)29(37)18-32(35)38/h3-4,9-10,12-13,16-17,24,26,29-30,37H,5-8,11,14-15,18-21H2,1-2H3/b4-3-/t24-,26+,29-,30-,33-/m0/s1. The number of hydrogen-bond acceptors (Lipinski definition) is 5. The summed E-state index contributed by atoms with van der Waals surface area (Å²) in [5.74, 6) is 1.77. The summed E-state index contributed by atoms with van der Waals surface area (Å²) in [6.45, 7) is 2.89. The summed E-state index contributed by atoms with van der Waals surface area (Å²) in [7, 11) is 3.61. The Bertz CT molecular complexity index is 1280. The number of hydrogen-bond donors (Lipinski definition) is 1. The van der Waals surface area contributed by atoms with Gasteiger partial charge in [0.1, 0.15) is 5.75 Å². The first-order chi connectivity index (χ1) is 19.4. The monoisotopic (exact) mass is 564 g/mol. The first-order valence-electron chi connectivity index (χ1n) is 14.8. The van der Waals surface area contributed by atoms with Gasteiger partial charge in [-0.3, -0.25) is 4.79 Å². The van der Waals surface area contributed by atoms with Crippen molar-refractivity contribution >= 4 is 23.2 Å². The van der Waals surface area contributed by atoms with Gasteiger partial charge in [0, 0.05) is 44.2 Å². The van der Waals surface area contributed by atoms with Crippen LogP contribution in [0.1, 0.15) is 61.3 Å². The van der Waals surface area contributed by atoms with Gasteiger partial charge in [0.05, 0.1) is 30.9 Å². The minimum Gasteiger partial charge on any atom is -0.490 e. The van der Waals surface area contributed by atoms with Crippen molar-refractivity contribution in [1.82, 2.24) is 4.90 Å². The number of likely N-dealkylation sites (N-methyl/N-ethyl adjacent to an activating group) is 1. The minimum absolute atomic E-state index is 0.0491. The van der Waals surface area contributed by atoms with Gasteiger partial charge in [0.15, 0.2) is 0 Å². The summed E-state index contributed by atoms with van der Waals surface area (Å²) in [6.07, 6.45) is 9.91. The molecular weight excluding hydrogens is 524 g/mol. The van der Waals surface area contributed by atoms with Crippen LogP contribution in [0.25, 0.3) is 0 Å². The third-order valence-corrected chi connectivity index (χ3v) is 10.1. The van der Waals surface area contributed by atoms with Crippen LogP contribution < -0.4 is 9.64 Å². The predicted octanol–water partition coefficient (Wildman–Crippen LogP) is 5.70. The van der Waals surface area contributed by atoms with Gasteiger partial charge >= 0.3 is 0 Å². The van der Waals surface area contributed by atoms with Gasteiger partial charge in [-0.25, -0.2) is 0 Å². The maximum Gasteiger partial charge on any atom is 0.225 e. The molecular formula is C33H41ClN2O4. The van der Waals surface area contributed by atoms with Crippen molar-refractivity contribution in [1.29, 1.82) is 0 Å². The zero-order valence-corrected chi connectivity index (χ0v) is 24.4. The molecule has 1 fully saturated rings. The van der Waals surface area contributed by atoms with Crippen LogP contribution in [0.3, 0.4) is 0 Å². The number of carbonyl (C=O) groups excluding carboxylic acids is 1. The summed E-state index contributed by atoms with van der Waals surface area (Å²) < 4.78 is 12.6. The Morgan fingerprint density at radius 1 is 1.15 bits per heavy atom. The molecule has 2 aromatic rings. The molecule has 1 amide bonds. The molecule has 2 heterocycles. The highest BCUT2D eigenvalue weighted by atomic mass is 35.5. The molecule has 0 radical (unpaired) electrons. The lowest BCUT2D eigenvalue weighted by Gasteiger charge is -2.46. The Labute approximate surface area is 242 Å². The first kappa shape index (κ1) is 27.6. The third-order valence-electron chi connectivity index (χ3n) is 9.87. The maximum atomic E-state index is 12.9. The second-order valence-electron chi connectivity index (χ2n) is 12.3. The third kappa shape index (κ3) is 5.26. The van der Waals surface area contributed by atoms with Crippen LogP contribution in [0, 0.1) is 11.8 Å². The van der Waals surface area contributed by atoms with E-state index in [0.717, 1.165) is 67.2 Å². The van der Waals surface area contributed by atoms with Crippen LogP contribution in [0.15, 0.2) is 48.6 Å². The van der Waals surface area contributed by atoms with E-state index in [2.05, 4.69) is 29.2 Å². The molecule has 2 aromatic carbocycles. The molecule has 2 aliphatic carbocycles. The number of amides is 1. The highest BCUT2D eigenvalue weighted by Gasteiger charge is 2.44. The number of rotatable bonds is 1. The van der Waals surface area contributed by atoms with Crippen LogP contribution in [0.4, 0.5) is 5.69 Å². The fourth-order valence-corrected chi connectivity index (χ4v) is 7.58. The Kier molecular flexibility index (Phi) is 7.86. The molecule has 5 atom stereocenters. The van der Waals surface area contributed by atoms with E-state index in [9.17, 15) is 9.90 Å². The number of aryl methyl sites for hydroxylation is 1. The normalized spacial score (nSPS) is 31.4. The average molecular weight is 565 g/mol. The molecule has 214 valence electrons. The molecule has 0 unspecified atom stereocenters. The highest BCUT2D eigenvalue weighted by Crippen LogP contribution is 2.47. The molecule has 0 aromatic heterocycles. The van der Waals surface area contributed by atoms with E-state index >= 15 is 0 Å². The molecule has 4 aliphatic rings. The van der Waals surface area contributed by atoms with Crippen molar-refractivity contribution in [3.05, 3.63) is 70.3 Å². The molecule has 1 saturated carbocycles. The van der Waals surface area contributed by atoms with E-state index in [1.807, 2.05) is 31.4 Å². The zero-order chi connectivity index (χ0) is 27.9. The van der Waals surface area contributed by atoms with Gasteiger partial charge in [-0.1, -0.05) is 35.9 Å². The molecule has 6 nitrogen and oxygen atoms in total. The van der Waals surface area contributed by atoms with Crippen LogP contribution in [0.5, 0.6) is 5.75 Å². The highest BCUT2D eigenvalue weighted by molar-refractivity contribution is 6.30. The van der Waals surface area contributed by atoms with Crippen molar-refractivity contribution < 1.29 is 19.4 Å². The van der Waals surface area contributed by atoms with Crippen LogP contribution >= 0.6 is 11.6 Å². The van der Waals surface area contributed by atoms with Crippen LogP contribution in [0.2, 0.25) is 5.02 Å². The molecule has 40 heavy (non-hydrogen) atoms. The van der Waals surface area contributed by atoms with Crippen molar-refractivity contribution in [2.24, 2.45) is 11.8 Å². The number of aliphatic hydroxyl groups excluding tert-OH is 1. The SMILES string of the molecule is CO[C@H]1C/C=C\CN(C)C(=O)C[C@H](O)c2ccc3c(c2)N(C[C@@H]2CC[C@H]21)C[C@@]1(CCCc2cc(Cl)ccc21)CO3. The Hall–Kier alpha value is -2.54. The van der Waals surface area contributed by atoms with Crippen LogP contribution in [-0.4, -0.2) is 62.4 Å². The van der Waals surface area contributed by atoms with E-state index in [4.69, 9.17) is 21.1 Å². The Morgan fingerprint density at radius 2 is 2.02 bits per heavy atom. The molecule has 2 bridgehead atoms. The van der Waals surface area contributed by atoms with Gasteiger partial charge in [0.2, 0.25) is 5.91 Å². The van der Waals surface area contributed by atoms with Gasteiger partial charge in [-0.15, -0.1) is 0 Å². The Balaban J connectivity index is 1.40. The molecule has 7 heteroatoms.